The monoisotopic (exact) mass is 414 g/mol. The van der Waals surface area contributed by atoms with Gasteiger partial charge in [0.1, 0.15) is 16.5 Å². The highest BCUT2D eigenvalue weighted by Gasteiger charge is 2.14. The lowest BCUT2D eigenvalue weighted by Gasteiger charge is -2.13. The van der Waals surface area contributed by atoms with E-state index in [1.807, 2.05) is 19.1 Å². The molecule has 2 aromatic heterocycles. The lowest BCUT2D eigenvalue weighted by molar-refractivity contribution is -0.119. The average molecular weight is 415 g/mol. The van der Waals surface area contributed by atoms with Crippen LogP contribution in [0.2, 0.25) is 0 Å². The summed E-state index contributed by atoms with van der Waals surface area (Å²) in [7, 11) is 1.56. The number of nitrogens with zero attached hydrogens (tertiary/aromatic N) is 2. The number of carbonyl (C=O) groups is 1. The first-order valence-corrected chi connectivity index (χ1v) is 10.3. The molecule has 0 aliphatic carbocycles. The van der Waals surface area contributed by atoms with Crippen molar-refractivity contribution in [1.29, 1.82) is 0 Å². The van der Waals surface area contributed by atoms with Crippen LogP contribution in [0.15, 0.2) is 23.6 Å². The van der Waals surface area contributed by atoms with E-state index >= 15 is 0 Å². The number of thiophene rings is 1. The number of aromatic nitrogens is 2. The molecule has 29 heavy (non-hydrogen) atoms. The smallest absolute Gasteiger partial charge is 0.255 e. The van der Waals surface area contributed by atoms with E-state index in [9.17, 15) is 4.79 Å². The number of hydrogen-bond donors (Lipinski definition) is 2. The predicted octanol–water partition coefficient (Wildman–Crippen LogP) is 3.68. The number of rotatable bonds is 9. The normalized spacial score (nSPS) is 11.1. The SMILES string of the molecule is COc1cc(CNc2nc(C)nc3scc(CC(C)C)c23)ccc1OCC(N)=O. The van der Waals surface area contributed by atoms with E-state index in [1.165, 1.54) is 5.56 Å². The summed E-state index contributed by atoms with van der Waals surface area (Å²) in [6.07, 6.45) is 0.987. The Balaban J connectivity index is 1.83. The van der Waals surface area contributed by atoms with Crippen LogP contribution < -0.4 is 20.5 Å². The summed E-state index contributed by atoms with van der Waals surface area (Å²) in [4.78, 5) is 21.2. The molecule has 1 aromatic carbocycles. The zero-order valence-corrected chi connectivity index (χ0v) is 17.9. The van der Waals surface area contributed by atoms with Gasteiger partial charge in [0.05, 0.1) is 12.5 Å². The molecule has 0 atom stereocenters. The number of aryl methyl sites for hydroxylation is 1. The molecule has 0 radical (unpaired) electrons. The van der Waals surface area contributed by atoms with Crippen molar-refractivity contribution in [2.45, 2.75) is 33.7 Å². The molecule has 3 rings (SSSR count). The number of anilines is 1. The fourth-order valence-electron chi connectivity index (χ4n) is 3.10. The molecule has 0 aliphatic heterocycles. The number of methoxy groups -OCH3 is 1. The third-order valence-corrected chi connectivity index (χ3v) is 5.23. The zero-order valence-electron chi connectivity index (χ0n) is 17.1. The maximum atomic E-state index is 10.9. The minimum absolute atomic E-state index is 0.192. The third kappa shape index (κ3) is 5.14. The van der Waals surface area contributed by atoms with Crippen LogP contribution in [0.3, 0.4) is 0 Å². The molecular formula is C21H26N4O3S. The van der Waals surface area contributed by atoms with Gasteiger partial charge in [-0.15, -0.1) is 11.3 Å². The Bertz CT molecular complexity index is 1020. The van der Waals surface area contributed by atoms with Crippen LogP contribution in [0, 0.1) is 12.8 Å². The van der Waals surface area contributed by atoms with Crippen molar-refractivity contribution < 1.29 is 14.3 Å². The number of benzene rings is 1. The van der Waals surface area contributed by atoms with Gasteiger partial charge in [0.2, 0.25) is 0 Å². The van der Waals surface area contributed by atoms with Crippen LogP contribution in [0.5, 0.6) is 11.5 Å². The van der Waals surface area contributed by atoms with Crippen LogP contribution >= 0.6 is 11.3 Å². The summed E-state index contributed by atoms with van der Waals surface area (Å²) in [5.74, 6) is 2.63. The maximum Gasteiger partial charge on any atom is 0.255 e. The highest BCUT2D eigenvalue weighted by atomic mass is 32.1. The molecule has 0 spiro atoms. The van der Waals surface area contributed by atoms with Crippen LogP contribution in [0.1, 0.15) is 30.8 Å². The van der Waals surface area contributed by atoms with E-state index in [0.717, 1.165) is 33.8 Å². The molecule has 1 amide bonds. The third-order valence-electron chi connectivity index (χ3n) is 4.31. The number of ether oxygens (including phenoxy) is 2. The number of nitrogens with two attached hydrogens (primary N) is 1. The Kier molecular flexibility index (Phi) is 6.53. The fourth-order valence-corrected chi connectivity index (χ4v) is 4.10. The van der Waals surface area contributed by atoms with Crippen LogP contribution in [-0.2, 0) is 17.8 Å². The number of fused-ring (bicyclic) bond motifs is 1. The molecule has 0 saturated heterocycles. The van der Waals surface area contributed by atoms with Crippen molar-refractivity contribution in [3.05, 3.63) is 40.5 Å². The predicted molar refractivity (Wildman–Crippen MR) is 116 cm³/mol. The first-order valence-electron chi connectivity index (χ1n) is 9.44. The van der Waals surface area contributed by atoms with Crippen molar-refractivity contribution in [1.82, 2.24) is 9.97 Å². The summed E-state index contributed by atoms with van der Waals surface area (Å²) in [6, 6.07) is 5.56. The van der Waals surface area contributed by atoms with Gasteiger partial charge < -0.3 is 20.5 Å². The second-order valence-electron chi connectivity index (χ2n) is 7.25. The van der Waals surface area contributed by atoms with Gasteiger partial charge in [0, 0.05) is 6.54 Å². The van der Waals surface area contributed by atoms with Crippen molar-refractivity contribution >= 4 is 33.3 Å². The maximum absolute atomic E-state index is 10.9. The van der Waals surface area contributed by atoms with Crippen LogP contribution in [0.25, 0.3) is 10.2 Å². The summed E-state index contributed by atoms with van der Waals surface area (Å²) in [6.45, 7) is 6.69. The minimum atomic E-state index is -0.533. The molecule has 3 aromatic rings. The van der Waals surface area contributed by atoms with Gasteiger partial charge in [0.25, 0.3) is 5.91 Å². The Hall–Kier alpha value is -2.87. The molecule has 7 nitrogen and oxygen atoms in total. The van der Waals surface area contributed by atoms with Gasteiger partial charge in [-0.25, -0.2) is 9.97 Å². The second-order valence-corrected chi connectivity index (χ2v) is 8.11. The van der Waals surface area contributed by atoms with E-state index in [4.69, 9.17) is 15.2 Å². The van der Waals surface area contributed by atoms with Gasteiger partial charge in [-0.3, -0.25) is 4.79 Å². The Labute approximate surface area is 174 Å². The second kappa shape index (κ2) is 9.09. The first-order chi connectivity index (χ1) is 13.9. The van der Waals surface area contributed by atoms with Crippen molar-refractivity contribution in [3.63, 3.8) is 0 Å². The number of hydrogen-bond acceptors (Lipinski definition) is 7. The quantitative estimate of drug-likeness (QED) is 0.554. The topological polar surface area (TPSA) is 99.4 Å². The van der Waals surface area contributed by atoms with E-state index in [-0.39, 0.29) is 6.61 Å². The molecule has 0 saturated carbocycles. The van der Waals surface area contributed by atoms with Gasteiger partial charge >= 0.3 is 0 Å². The fraction of sp³-hybridized carbons (Fsp3) is 0.381. The molecule has 2 heterocycles. The number of primary amides is 1. The van der Waals surface area contributed by atoms with Crippen molar-refractivity contribution in [2.75, 3.05) is 19.0 Å². The molecule has 0 bridgehead atoms. The molecule has 3 N–H and O–H groups in total. The molecule has 0 fully saturated rings. The summed E-state index contributed by atoms with van der Waals surface area (Å²) < 4.78 is 10.8. The molecular weight excluding hydrogens is 388 g/mol. The Morgan fingerprint density at radius 3 is 2.76 bits per heavy atom. The van der Waals surface area contributed by atoms with E-state index in [1.54, 1.807) is 24.5 Å². The van der Waals surface area contributed by atoms with Gasteiger partial charge in [-0.1, -0.05) is 19.9 Å². The molecule has 8 heteroatoms. The standard InChI is InChI=1S/C21H26N4O3S/c1-12(2)7-15-11-29-21-19(15)20(24-13(3)25-21)23-9-14-5-6-16(17(8-14)27-4)28-10-18(22)26/h5-6,8,11-12H,7,9-10H2,1-4H3,(H2,22,26)(H,23,24,25). The first kappa shape index (κ1) is 20.9. The summed E-state index contributed by atoms with van der Waals surface area (Å²) in [5.41, 5.74) is 7.41. The van der Waals surface area contributed by atoms with Gasteiger partial charge in [-0.05, 0) is 47.9 Å². The molecule has 0 aliphatic rings. The van der Waals surface area contributed by atoms with Gasteiger partial charge in [-0.2, -0.15) is 0 Å². The van der Waals surface area contributed by atoms with E-state index in [2.05, 4.69) is 34.5 Å². The highest BCUT2D eigenvalue weighted by molar-refractivity contribution is 7.17. The van der Waals surface area contributed by atoms with E-state index < -0.39 is 5.91 Å². The Morgan fingerprint density at radius 2 is 2.07 bits per heavy atom. The minimum Gasteiger partial charge on any atom is -0.493 e. The summed E-state index contributed by atoms with van der Waals surface area (Å²) in [5, 5.41) is 6.73. The van der Waals surface area contributed by atoms with Crippen LogP contribution in [0.4, 0.5) is 5.82 Å². The summed E-state index contributed by atoms with van der Waals surface area (Å²) >= 11 is 1.66. The number of amides is 1. The van der Waals surface area contributed by atoms with Gasteiger partial charge in [0.15, 0.2) is 18.1 Å². The Morgan fingerprint density at radius 1 is 1.28 bits per heavy atom. The lowest BCUT2D eigenvalue weighted by Crippen LogP contribution is -2.20. The largest absolute Gasteiger partial charge is 0.493 e. The van der Waals surface area contributed by atoms with Crippen molar-refractivity contribution in [3.8, 4) is 11.5 Å². The van der Waals surface area contributed by atoms with Crippen LogP contribution in [-0.4, -0.2) is 29.6 Å². The molecule has 0 unspecified atom stereocenters. The average Bonchev–Trinajstić information content (AvgIpc) is 3.06. The number of carbonyl (C=O) groups excluding carboxylic acids is 1. The zero-order chi connectivity index (χ0) is 21.0. The lowest BCUT2D eigenvalue weighted by atomic mass is 10.0. The molecule has 154 valence electrons. The van der Waals surface area contributed by atoms with E-state index in [0.29, 0.717) is 24.0 Å². The number of nitrogens with one attached hydrogen (secondary N) is 1. The highest BCUT2D eigenvalue weighted by Crippen LogP contribution is 2.32. The van der Waals surface area contributed by atoms with Crippen molar-refractivity contribution in [2.24, 2.45) is 11.7 Å².